The summed E-state index contributed by atoms with van der Waals surface area (Å²) in [6, 6.07) is 7.28. The molecule has 1 aromatic carbocycles. The van der Waals surface area contributed by atoms with Crippen molar-refractivity contribution in [3.63, 3.8) is 0 Å². The Morgan fingerprint density at radius 1 is 1.19 bits per heavy atom. The van der Waals surface area contributed by atoms with Crippen LogP contribution in [0.1, 0.15) is 41.6 Å². The number of cyclic esters (lactones) is 1. The smallest absolute Gasteiger partial charge is 0.339 e. The molecule has 1 aliphatic carbocycles. The van der Waals surface area contributed by atoms with Crippen molar-refractivity contribution in [3.8, 4) is 0 Å². The van der Waals surface area contributed by atoms with Crippen LogP contribution >= 0.6 is 0 Å². The quantitative estimate of drug-likeness (QED) is 0.802. The first kappa shape index (κ1) is 14.1. The number of amides is 1. The molecule has 1 aliphatic heterocycles. The standard InChI is InChI=1S/C16H19NO4/c18-12-7-5-11(6-8-12)17-15(19)14-9-10-3-1-2-4-13(10)16(20)21-14/h1-4,11-12,14,18H,5-9H2,(H,17,19). The van der Waals surface area contributed by atoms with E-state index in [2.05, 4.69) is 5.32 Å². The van der Waals surface area contributed by atoms with Gasteiger partial charge >= 0.3 is 5.97 Å². The van der Waals surface area contributed by atoms with E-state index in [9.17, 15) is 14.7 Å². The minimum Gasteiger partial charge on any atom is -0.448 e. The molecular weight excluding hydrogens is 270 g/mol. The highest BCUT2D eigenvalue weighted by molar-refractivity contribution is 5.95. The number of hydrogen-bond donors (Lipinski definition) is 2. The van der Waals surface area contributed by atoms with Crippen LogP contribution in [0.15, 0.2) is 24.3 Å². The first-order chi connectivity index (χ1) is 10.1. The van der Waals surface area contributed by atoms with E-state index in [1.54, 1.807) is 12.1 Å². The Balaban J connectivity index is 1.63. The van der Waals surface area contributed by atoms with Crippen molar-refractivity contribution in [1.29, 1.82) is 0 Å². The Labute approximate surface area is 123 Å². The number of carbonyl (C=O) groups is 2. The van der Waals surface area contributed by atoms with E-state index in [4.69, 9.17) is 4.74 Å². The number of carbonyl (C=O) groups excluding carboxylic acids is 2. The molecule has 0 aromatic heterocycles. The molecule has 2 aliphatic rings. The predicted octanol–water partition coefficient (Wildman–Crippen LogP) is 1.19. The minimum atomic E-state index is -0.751. The van der Waals surface area contributed by atoms with Crippen LogP contribution in [0.3, 0.4) is 0 Å². The fraction of sp³-hybridized carbons (Fsp3) is 0.500. The van der Waals surface area contributed by atoms with Crippen LogP contribution in [0.25, 0.3) is 0 Å². The number of ether oxygens (including phenoxy) is 1. The zero-order chi connectivity index (χ0) is 14.8. The molecule has 5 heteroatoms. The number of esters is 1. The highest BCUT2D eigenvalue weighted by Crippen LogP contribution is 2.22. The molecular formula is C16H19NO4. The molecule has 2 N–H and O–H groups in total. The highest BCUT2D eigenvalue weighted by Gasteiger charge is 2.32. The van der Waals surface area contributed by atoms with Gasteiger partial charge in [0.1, 0.15) is 0 Å². The molecule has 1 unspecified atom stereocenters. The lowest BCUT2D eigenvalue weighted by molar-refractivity contribution is -0.131. The average Bonchev–Trinajstić information content (AvgIpc) is 2.49. The zero-order valence-electron chi connectivity index (χ0n) is 11.7. The van der Waals surface area contributed by atoms with Gasteiger partial charge in [-0.05, 0) is 37.3 Å². The number of nitrogens with one attached hydrogen (secondary N) is 1. The van der Waals surface area contributed by atoms with Crippen molar-refractivity contribution in [3.05, 3.63) is 35.4 Å². The molecule has 5 nitrogen and oxygen atoms in total. The summed E-state index contributed by atoms with van der Waals surface area (Å²) in [5.41, 5.74) is 1.40. The molecule has 1 atom stereocenters. The van der Waals surface area contributed by atoms with E-state index in [1.807, 2.05) is 12.1 Å². The summed E-state index contributed by atoms with van der Waals surface area (Å²) in [7, 11) is 0. The minimum absolute atomic E-state index is 0.0665. The van der Waals surface area contributed by atoms with Gasteiger partial charge in [0.25, 0.3) is 5.91 Å². The first-order valence-electron chi connectivity index (χ1n) is 7.41. The molecule has 0 saturated heterocycles. The Hall–Kier alpha value is -1.88. The van der Waals surface area contributed by atoms with Crippen molar-refractivity contribution in [2.24, 2.45) is 0 Å². The van der Waals surface area contributed by atoms with Gasteiger partial charge in [-0.25, -0.2) is 4.79 Å². The molecule has 1 saturated carbocycles. The van der Waals surface area contributed by atoms with Crippen molar-refractivity contribution >= 4 is 11.9 Å². The van der Waals surface area contributed by atoms with Crippen molar-refractivity contribution < 1.29 is 19.4 Å². The summed E-state index contributed by atoms with van der Waals surface area (Å²) in [5.74, 6) is -0.671. The lowest BCUT2D eigenvalue weighted by Crippen LogP contribution is -2.47. The fourth-order valence-electron chi connectivity index (χ4n) is 2.99. The maximum absolute atomic E-state index is 12.3. The van der Waals surface area contributed by atoms with Crippen LogP contribution in [0.5, 0.6) is 0 Å². The number of aliphatic hydroxyl groups is 1. The van der Waals surface area contributed by atoms with Crippen LogP contribution in [0.4, 0.5) is 0 Å². The lowest BCUT2D eigenvalue weighted by Gasteiger charge is -2.29. The van der Waals surface area contributed by atoms with Crippen LogP contribution in [-0.4, -0.2) is 35.2 Å². The third kappa shape index (κ3) is 3.08. The topological polar surface area (TPSA) is 75.6 Å². The van der Waals surface area contributed by atoms with E-state index in [0.29, 0.717) is 24.8 Å². The van der Waals surface area contributed by atoms with Gasteiger partial charge in [0.05, 0.1) is 11.7 Å². The van der Waals surface area contributed by atoms with E-state index in [0.717, 1.165) is 18.4 Å². The molecule has 1 fully saturated rings. The van der Waals surface area contributed by atoms with Crippen molar-refractivity contribution in [1.82, 2.24) is 5.32 Å². The summed E-state index contributed by atoms with van der Waals surface area (Å²) in [4.78, 5) is 24.2. The Morgan fingerprint density at radius 3 is 2.67 bits per heavy atom. The van der Waals surface area contributed by atoms with Gasteiger partial charge < -0.3 is 15.2 Å². The second-order valence-corrected chi connectivity index (χ2v) is 5.77. The van der Waals surface area contributed by atoms with Crippen molar-refractivity contribution in [2.75, 3.05) is 0 Å². The zero-order valence-corrected chi connectivity index (χ0v) is 11.7. The molecule has 0 spiro atoms. The van der Waals surface area contributed by atoms with Gasteiger partial charge in [0.2, 0.25) is 0 Å². The summed E-state index contributed by atoms with van der Waals surface area (Å²) < 4.78 is 5.24. The lowest BCUT2D eigenvalue weighted by atomic mass is 9.92. The number of fused-ring (bicyclic) bond motifs is 1. The second kappa shape index (κ2) is 5.85. The molecule has 0 radical (unpaired) electrons. The summed E-state index contributed by atoms with van der Waals surface area (Å²) in [6.07, 6.45) is 2.37. The Morgan fingerprint density at radius 2 is 1.90 bits per heavy atom. The van der Waals surface area contributed by atoms with Gasteiger partial charge in [0, 0.05) is 12.5 Å². The number of aliphatic hydroxyl groups excluding tert-OH is 1. The summed E-state index contributed by atoms with van der Waals surface area (Å²) >= 11 is 0. The number of benzene rings is 1. The van der Waals surface area contributed by atoms with E-state index in [-0.39, 0.29) is 18.1 Å². The average molecular weight is 289 g/mol. The predicted molar refractivity (Wildman–Crippen MR) is 75.8 cm³/mol. The normalized spacial score (nSPS) is 28.4. The molecule has 0 bridgehead atoms. The third-order valence-electron chi connectivity index (χ3n) is 4.23. The molecule has 3 rings (SSSR count). The molecule has 112 valence electrons. The second-order valence-electron chi connectivity index (χ2n) is 5.77. The Kier molecular flexibility index (Phi) is 3.92. The van der Waals surface area contributed by atoms with Crippen LogP contribution in [0.2, 0.25) is 0 Å². The van der Waals surface area contributed by atoms with Crippen molar-refractivity contribution in [2.45, 2.75) is 50.4 Å². The Bertz CT molecular complexity index is 549. The molecule has 21 heavy (non-hydrogen) atoms. The SMILES string of the molecule is O=C1OC(C(=O)NC2CCC(O)CC2)Cc2ccccc21. The van der Waals surface area contributed by atoms with Crippen LogP contribution < -0.4 is 5.32 Å². The monoisotopic (exact) mass is 289 g/mol. The highest BCUT2D eigenvalue weighted by atomic mass is 16.5. The van der Waals surface area contributed by atoms with Gasteiger partial charge in [-0.1, -0.05) is 18.2 Å². The molecule has 1 heterocycles. The summed E-state index contributed by atoms with van der Waals surface area (Å²) in [6.45, 7) is 0. The van der Waals surface area contributed by atoms with Gasteiger partial charge in [-0.3, -0.25) is 4.79 Å². The maximum Gasteiger partial charge on any atom is 0.339 e. The molecule has 1 amide bonds. The fourth-order valence-corrected chi connectivity index (χ4v) is 2.99. The van der Waals surface area contributed by atoms with Gasteiger partial charge in [-0.2, -0.15) is 0 Å². The van der Waals surface area contributed by atoms with Crippen LogP contribution in [-0.2, 0) is 16.0 Å². The molecule has 1 aromatic rings. The largest absolute Gasteiger partial charge is 0.448 e. The van der Waals surface area contributed by atoms with Gasteiger partial charge in [-0.15, -0.1) is 0 Å². The third-order valence-corrected chi connectivity index (χ3v) is 4.23. The van der Waals surface area contributed by atoms with Crippen LogP contribution in [0, 0.1) is 0 Å². The maximum atomic E-state index is 12.3. The van der Waals surface area contributed by atoms with Gasteiger partial charge in [0.15, 0.2) is 6.10 Å². The summed E-state index contributed by atoms with van der Waals surface area (Å²) in [5, 5.41) is 12.4. The van der Waals surface area contributed by atoms with E-state index in [1.165, 1.54) is 0 Å². The number of hydrogen-bond acceptors (Lipinski definition) is 4. The van der Waals surface area contributed by atoms with E-state index < -0.39 is 12.1 Å². The van der Waals surface area contributed by atoms with E-state index >= 15 is 0 Å². The number of rotatable bonds is 2. The first-order valence-corrected chi connectivity index (χ1v) is 7.41.